The van der Waals surface area contributed by atoms with E-state index < -0.39 is 0 Å². The van der Waals surface area contributed by atoms with Gasteiger partial charge in [-0.1, -0.05) is 0 Å². The second-order valence-corrected chi connectivity index (χ2v) is 7.36. The fourth-order valence-electron chi connectivity index (χ4n) is 3.92. The van der Waals surface area contributed by atoms with Gasteiger partial charge in [0, 0.05) is 63.0 Å². The third kappa shape index (κ3) is 3.67. The molecule has 2 amide bonds. The van der Waals surface area contributed by atoms with E-state index in [0.717, 1.165) is 48.6 Å². The van der Waals surface area contributed by atoms with E-state index in [-0.39, 0.29) is 17.9 Å². The molecule has 2 aliphatic rings. The van der Waals surface area contributed by atoms with Crippen LogP contribution in [0.3, 0.4) is 0 Å². The van der Waals surface area contributed by atoms with Crippen LogP contribution in [0.5, 0.6) is 0 Å². The minimum Gasteiger partial charge on any atom is -0.354 e. The molecule has 2 aromatic heterocycles. The summed E-state index contributed by atoms with van der Waals surface area (Å²) in [6.45, 7) is 5.87. The summed E-state index contributed by atoms with van der Waals surface area (Å²) >= 11 is 0. The largest absolute Gasteiger partial charge is 0.354 e. The van der Waals surface area contributed by atoms with Gasteiger partial charge in [-0.05, 0) is 25.0 Å². The van der Waals surface area contributed by atoms with E-state index in [0.29, 0.717) is 18.9 Å². The van der Waals surface area contributed by atoms with E-state index in [1.807, 2.05) is 17.0 Å². The number of nitrogens with one attached hydrogen (secondary N) is 1. The highest BCUT2D eigenvalue weighted by molar-refractivity contribution is 5.74. The molecule has 4 heterocycles. The zero-order valence-electron chi connectivity index (χ0n) is 16.2. The van der Waals surface area contributed by atoms with Gasteiger partial charge in [-0.25, -0.2) is 9.97 Å². The van der Waals surface area contributed by atoms with Gasteiger partial charge < -0.3 is 15.1 Å². The quantitative estimate of drug-likeness (QED) is 0.859. The molecule has 8 nitrogen and oxygen atoms in total. The molecular weight excluding hydrogens is 356 g/mol. The van der Waals surface area contributed by atoms with Gasteiger partial charge in [0.1, 0.15) is 5.82 Å². The Bertz CT molecular complexity index is 901. The first-order chi connectivity index (χ1) is 13.5. The number of hydrogen-bond acceptors (Lipinski definition) is 6. The number of aromatic nitrogens is 3. The lowest BCUT2D eigenvalue weighted by Crippen LogP contribution is -2.38. The molecule has 1 saturated heterocycles. The SMILES string of the molecule is CC(=O)N[C@H]1CCN(c2nc(-c3cccnc3)nc3c2CCN(C(C)=O)C3)C1. The van der Waals surface area contributed by atoms with Crippen molar-refractivity contribution in [3.8, 4) is 11.4 Å². The zero-order chi connectivity index (χ0) is 19.7. The van der Waals surface area contributed by atoms with E-state index in [9.17, 15) is 9.59 Å². The van der Waals surface area contributed by atoms with Crippen molar-refractivity contribution in [3.05, 3.63) is 35.8 Å². The van der Waals surface area contributed by atoms with Crippen LogP contribution in [0.25, 0.3) is 11.4 Å². The van der Waals surface area contributed by atoms with Crippen LogP contribution in [0.1, 0.15) is 31.5 Å². The lowest BCUT2D eigenvalue weighted by Gasteiger charge is -2.31. The molecule has 28 heavy (non-hydrogen) atoms. The van der Waals surface area contributed by atoms with Crippen molar-refractivity contribution < 1.29 is 9.59 Å². The minimum atomic E-state index is -0.00952. The maximum atomic E-state index is 11.9. The standard InChI is InChI=1S/C20H24N6O2/c1-13(27)22-16-5-8-26(11-16)20-17-6-9-25(14(2)28)12-18(17)23-19(24-20)15-4-3-7-21-10-15/h3-4,7,10,16H,5-6,8-9,11-12H2,1-2H3,(H,22,27)/t16-/m0/s1. The normalized spacial score (nSPS) is 18.7. The van der Waals surface area contributed by atoms with Crippen LogP contribution in [-0.4, -0.2) is 57.3 Å². The Labute approximate surface area is 164 Å². The van der Waals surface area contributed by atoms with Crippen LogP contribution in [0.4, 0.5) is 5.82 Å². The van der Waals surface area contributed by atoms with E-state index in [4.69, 9.17) is 9.97 Å². The van der Waals surface area contributed by atoms with Crippen molar-refractivity contribution >= 4 is 17.6 Å². The Morgan fingerprint density at radius 3 is 2.79 bits per heavy atom. The average molecular weight is 380 g/mol. The molecule has 8 heteroatoms. The first-order valence-corrected chi connectivity index (χ1v) is 9.59. The second kappa shape index (κ2) is 7.53. The lowest BCUT2D eigenvalue weighted by atomic mass is 10.0. The van der Waals surface area contributed by atoms with E-state index in [2.05, 4.69) is 15.2 Å². The summed E-state index contributed by atoms with van der Waals surface area (Å²) < 4.78 is 0. The summed E-state index contributed by atoms with van der Waals surface area (Å²) in [7, 11) is 0. The van der Waals surface area contributed by atoms with Crippen molar-refractivity contribution in [2.45, 2.75) is 39.3 Å². The summed E-state index contributed by atoms with van der Waals surface area (Å²) in [6, 6.07) is 3.93. The molecule has 0 bridgehead atoms. The van der Waals surface area contributed by atoms with Crippen LogP contribution in [-0.2, 0) is 22.6 Å². The predicted octanol–water partition coefficient (Wildman–Crippen LogP) is 1.16. The van der Waals surface area contributed by atoms with E-state index in [1.54, 1.807) is 26.2 Å². The Kier molecular flexibility index (Phi) is 4.93. The fraction of sp³-hybridized carbons (Fsp3) is 0.450. The topological polar surface area (TPSA) is 91.3 Å². The van der Waals surface area contributed by atoms with Crippen LogP contribution >= 0.6 is 0 Å². The van der Waals surface area contributed by atoms with Gasteiger partial charge in [-0.2, -0.15) is 0 Å². The zero-order valence-corrected chi connectivity index (χ0v) is 16.2. The Morgan fingerprint density at radius 2 is 2.07 bits per heavy atom. The number of pyridine rings is 1. The van der Waals surface area contributed by atoms with Crippen molar-refractivity contribution in [1.29, 1.82) is 0 Å². The summed E-state index contributed by atoms with van der Waals surface area (Å²) in [5.74, 6) is 1.58. The summed E-state index contributed by atoms with van der Waals surface area (Å²) in [4.78, 5) is 41.2. The summed E-state index contributed by atoms with van der Waals surface area (Å²) in [6.07, 6.45) is 5.10. The summed E-state index contributed by atoms with van der Waals surface area (Å²) in [5, 5.41) is 3.00. The monoisotopic (exact) mass is 380 g/mol. The molecule has 1 N–H and O–H groups in total. The molecule has 0 spiro atoms. The number of anilines is 1. The van der Waals surface area contributed by atoms with E-state index >= 15 is 0 Å². The van der Waals surface area contributed by atoms with Gasteiger partial charge >= 0.3 is 0 Å². The van der Waals surface area contributed by atoms with Gasteiger partial charge in [-0.3, -0.25) is 14.6 Å². The van der Waals surface area contributed by atoms with Crippen LogP contribution < -0.4 is 10.2 Å². The van der Waals surface area contributed by atoms with Gasteiger partial charge in [-0.15, -0.1) is 0 Å². The molecular formula is C20H24N6O2. The molecule has 0 unspecified atom stereocenters. The average Bonchev–Trinajstić information content (AvgIpc) is 3.14. The van der Waals surface area contributed by atoms with Crippen LogP contribution in [0.2, 0.25) is 0 Å². The molecule has 4 rings (SSSR count). The molecule has 0 aromatic carbocycles. The van der Waals surface area contributed by atoms with Gasteiger partial charge in [0.15, 0.2) is 5.82 Å². The summed E-state index contributed by atoms with van der Waals surface area (Å²) in [5.41, 5.74) is 2.85. The number of nitrogens with zero attached hydrogens (tertiary/aromatic N) is 5. The third-order valence-electron chi connectivity index (χ3n) is 5.30. The predicted molar refractivity (Wildman–Crippen MR) is 104 cm³/mol. The number of fused-ring (bicyclic) bond motifs is 1. The Balaban J connectivity index is 1.72. The first kappa shape index (κ1) is 18.3. The first-order valence-electron chi connectivity index (χ1n) is 9.59. The molecule has 2 aromatic rings. The van der Waals surface area contributed by atoms with Crippen LogP contribution in [0.15, 0.2) is 24.5 Å². The lowest BCUT2D eigenvalue weighted by molar-refractivity contribution is -0.129. The Morgan fingerprint density at radius 1 is 1.21 bits per heavy atom. The molecule has 0 radical (unpaired) electrons. The van der Waals surface area contributed by atoms with E-state index in [1.165, 1.54) is 0 Å². The van der Waals surface area contributed by atoms with Crippen molar-refractivity contribution in [1.82, 2.24) is 25.2 Å². The Hall–Kier alpha value is -3.03. The highest BCUT2D eigenvalue weighted by atomic mass is 16.2. The molecule has 0 saturated carbocycles. The molecule has 1 fully saturated rings. The maximum absolute atomic E-state index is 11.9. The van der Waals surface area contributed by atoms with Crippen molar-refractivity contribution in [2.24, 2.45) is 0 Å². The molecule has 146 valence electrons. The second-order valence-electron chi connectivity index (χ2n) is 7.36. The highest BCUT2D eigenvalue weighted by Gasteiger charge is 2.30. The van der Waals surface area contributed by atoms with Gasteiger partial charge in [0.05, 0.1) is 12.2 Å². The maximum Gasteiger partial charge on any atom is 0.219 e. The highest BCUT2D eigenvalue weighted by Crippen LogP contribution is 2.31. The fourth-order valence-corrected chi connectivity index (χ4v) is 3.92. The van der Waals surface area contributed by atoms with Crippen molar-refractivity contribution in [3.63, 3.8) is 0 Å². The van der Waals surface area contributed by atoms with Crippen molar-refractivity contribution in [2.75, 3.05) is 24.5 Å². The minimum absolute atomic E-state index is 0.00952. The smallest absolute Gasteiger partial charge is 0.219 e. The number of hydrogen-bond donors (Lipinski definition) is 1. The number of carbonyl (C=O) groups is 2. The molecule has 0 aliphatic carbocycles. The van der Waals surface area contributed by atoms with Crippen LogP contribution in [0, 0.1) is 0 Å². The number of amides is 2. The third-order valence-corrected chi connectivity index (χ3v) is 5.30. The van der Waals surface area contributed by atoms with Gasteiger partial charge in [0.25, 0.3) is 0 Å². The number of rotatable bonds is 3. The number of carbonyl (C=O) groups excluding carboxylic acids is 2. The van der Waals surface area contributed by atoms with Gasteiger partial charge in [0.2, 0.25) is 11.8 Å². The molecule has 1 atom stereocenters. The molecule has 2 aliphatic heterocycles.